The van der Waals surface area contributed by atoms with E-state index < -0.39 is 15.9 Å². The maximum Gasteiger partial charge on any atom is 0.264 e. The van der Waals surface area contributed by atoms with Crippen LogP contribution in [0.25, 0.3) is 0 Å². The first kappa shape index (κ1) is 24.8. The molecule has 3 rings (SSSR count). The summed E-state index contributed by atoms with van der Waals surface area (Å²) in [6, 6.07) is 17.3. The number of rotatable bonds is 7. The predicted octanol–water partition coefficient (Wildman–Crippen LogP) is 5.65. The third kappa shape index (κ3) is 5.75. The van der Waals surface area contributed by atoms with Gasteiger partial charge in [0.25, 0.3) is 10.0 Å². The van der Waals surface area contributed by atoms with Crippen LogP contribution in [0.5, 0.6) is 0 Å². The Morgan fingerprint density at radius 1 is 0.909 bits per heavy atom. The van der Waals surface area contributed by atoms with Gasteiger partial charge in [0, 0.05) is 5.02 Å². The summed E-state index contributed by atoms with van der Waals surface area (Å²) in [4.78, 5) is 13.1. The van der Waals surface area contributed by atoms with E-state index in [1.54, 1.807) is 42.5 Å². The van der Waals surface area contributed by atoms with Crippen LogP contribution in [0.2, 0.25) is 5.02 Å². The van der Waals surface area contributed by atoms with Gasteiger partial charge in [-0.1, -0.05) is 59.1 Å². The third-order valence-corrected chi connectivity index (χ3v) is 7.80. The summed E-state index contributed by atoms with van der Waals surface area (Å²) in [7, 11) is -4.00. The summed E-state index contributed by atoms with van der Waals surface area (Å²) in [6.45, 7) is 9.25. The zero-order valence-electron chi connectivity index (χ0n) is 19.5. The third-order valence-electron chi connectivity index (χ3n) is 5.61. The van der Waals surface area contributed by atoms with Crippen LogP contribution >= 0.6 is 11.6 Å². The van der Waals surface area contributed by atoms with Gasteiger partial charge in [0.15, 0.2) is 0 Å². The minimum atomic E-state index is -4.00. The Hall–Kier alpha value is -2.83. The molecule has 0 saturated carbocycles. The molecule has 0 unspecified atom stereocenters. The molecule has 0 radical (unpaired) electrons. The van der Waals surface area contributed by atoms with Crippen LogP contribution < -0.4 is 9.62 Å². The zero-order valence-corrected chi connectivity index (χ0v) is 21.1. The Bertz CT molecular complexity index is 1270. The zero-order chi connectivity index (χ0) is 24.3. The van der Waals surface area contributed by atoms with Gasteiger partial charge in [0.1, 0.15) is 6.54 Å². The standard InChI is InChI=1S/C26H29ClN2O3S/c1-17-6-11-23(12-7-17)33(31,32)29(22-10-9-19(3)25(27)15-22)16-26(30)28-21(5)24-13-8-18(2)14-20(24)4/h6-15,21H,16H2,1-5H3,(H,28,30)/t21-/m1/s1. The van der Waals surface area contributed by atoms with E-state index in [2.05, 4.69) is 11.4 Å². The van der Waals surface area contributed by atoms with Crippen molar-refractivity contribution in [1.82, 2.24) is 5.32 Å². The maximum atomic E-state index is 13.5. The average molecular weight is 485 g/mol. The van der Waals surface area contributed by atoms with Gasteiger partial charge in [-0.05, 0) is 75.6 Å². The molecule has 1 N–H and O–H groups in total. The molecule has 3 aromatic carbocycles. The fourth-order valence-corrected chi connectivity index (χ4v) is 5.28. The van der Waals surface area contributed by atoms with Crippen molar-refractivity contribution < 1.29 is 13.2 Å². The number of anilines is 1. The van der Waals surface area contributed by atoms with Gasteiger partial charge >= 0.3 is 0 Å². The minimum Gasteiger partial charge on any atom is -0.348 e. The molecule has 33 heavy (non-hydrogen) atoms. The number of hydrogen-bond donors (Lipinski definition) is 1. The molecule has 3 aromatic rings. The van der Waals surface area contributed by atoms with Crippen molar-refractivity contribution in [3.05, 3.63) is 93.5 Å². The lowest BCUT2D eigenvalue weighted by atomic mass is 10.0. The van der Waals surface area contributed by atoms with E-state index in [0.29, 0.717) is 10.7 Å². The van der Waals surface area contributed by atoms with Crippen molar-refractivity contribution in [2.24, 2.45) is 0 Å². The van der Waals surface area contributed by atoms with Gasteiger partial charge < -0.3 is 5.32 Å². The molecule has 1 atom stereocenters. The van der Waals surface area contributed by atoms with E-state index in [1.165, 1.54) is 0 Å². The van der Waals surface area contributed by atoms with Crippen LogP contribution in [-0.2, 0) is 14.8 Å². The molecule has 174 valence electrons. The molecule has 0 aliphatic carbocycles. The van der Waals surface area contributed by atoms with Gasteiger partial charge in [-0.2, -0.15) is 0 Å². The monoisotopic (exact) mass is 484 g/mol. The lowest BCUT2D eigenvalue weighted by molar-refractivity contribution is -0.120. The fraction of sp³-hybridized carbons (Fsp3) is 0.269. The molecular formula is C26H29ClN2O3S. The molecule has 0 aromatic heterocycles. The molecule has 0 saturated heterocycles. The first-order chi connectivity index (χ1) is 15.5. The molecule has 0 fully saturated rings. The van der Waals surface area contributed by atoms with E-state index in [9.17, 15) is 13.2 Å². The number of nitrogens with zero attached hydrogens (tertiary/aromatic N) is 1. The summed E-state index contributed by atoms with van der Waals surface area (Å²) in [5, 5.41) is 3.37. The first-order valence-corrected chi connectivity index (χ1v) is 12.5. The summed E-state index contributed by atoms with van der Waals surface area (Å²) in [5.41, 5.74) is 5.29. The topological polar surface area (TPSA) is 66.5 Å². The number of amides is 1. The Kier molecular flexibility index (Phi) is 7.50. The Labute approximate surface area is 201 Å². The van der Waals surface area contributed by atoms with Gasteiger partial charge in [-0.15, -0.1) is 0 Å². The lowest BCUT2D eigenvalue weighted by Gasteiger charge is -2.26. The maximum absolute atomic E-state index is 13.5. The quantitative estimate of drug-likeness (QED) is 0.471. The second kappa shape index (κ2) is 9.98. The molecule has 0 bridgehead atoms. The van der Waals surface area contributed by atoms with Crippen LogP contribution in [0.4, 0.5) is 5.69 Å². The van der Waals surface area contributed by atoms with E-state index >= 15 is 0 Å². The van der Waals surface area contributed by atoms with E-state index in [4.69, 9.17) is 11.6 Å². The highest BCUT2D eigenvalue weighted by molar-refractivity contribution is 7.92. The molecular weight excluding hydrogens is 456 g/mol. The Morgan fingerprint density at radius 2 is 1.55 bits per heavy atom. The number of sulfonamides is 1. The lowest BCUT2D eigenvalue weighted by Crippen LogP contribution is -2.41. The van der Waals surface area contributed by atoms with Gasteiger partial charge in [-0.3, -0.25) is 9.10 Å². The molecule has 5 nitrogen and oxygen atoms in total. The van der Waals surface area contributed by atoms with Gasteiger partial charge in [-0.25, -0.2) is 8.42 Å². The number of halogens is 1. The Balaban J connectivity index is 1.93. The molecule has 0 heterocycles. The van der Waals surface area contributed by atoms with E-state index in [1.807, 2.05) is 46.8 Å². The summed E-state index contributed by atoms with van der Waals surface area (Å²) in [6.07, 6.45) is 0. The number of hydrogen-bond acceptors (Lipinski definition) is 3. The number of carbonyl (C=O) groups is 1. The van der Waals surface area contributed by atoms with Crippen LogP contribution in [-0.4, -0.2) is 20.9 Å². The molecule has 0 spiro atoms. The van der Waals surface area contributed by atoms with Gasteiger partial charge in [0.2, 0.25) is 5.91 Å². The van der Waals surface area contributed by atoms with Crippen LogP contribution in [0.1, 0.15) is 40.8 Å². The van der Waals surface area contributed by atoms with Crippen LogP contribution in [0.15, 0.2) is 65.6 Å². The smallest absolute Gasteiger partial charge is 0.264 e. The van der Waals surface area contributed by atoms with Crippen LogP contribution in [0.3, 0.4) is 0 Å². The fourth-order valence-electron chi connectivity index (χ4n) is 3.70. The second-order valence-corrected chi connectivity index (χ2v) is 10.7. The number of aryl methyl sites for hydroxylation is 4. The van der Waals surface area contributed by atoms with Crippen molar-refractivity contribution in [3.8, 4) is 0 Å². The highest BCUT2D eigenvalue weighted by Crippen LogP contribution is 2.28. The summed E-state index contributed by atoms with van der Waals surface area (Å²) >= 11 is 6.28. The van der Waals surface area contributed by atoms with Gasteiger partial charge in [0.05, 0.1) is 16.6 Å². The largest absolute Gasteiger partial charge is 0.348 e. The first-order valence-electron chi connectivity index (χ1n) is 10.7. The normalized spacial score (nSPS) is 12.3. The number of nitrogens with one attached hydrogen (secondary N) is 1. The van der Waals surface area contributed by atoms with E-state index in [0.717, 1.165) is 32.1 Å². The van der Waals surface area contributed by atoms with Crippen molar-refractivity contribution in [3.63, 3.8) is 0 Å². The minimum absolute atomic E-state index is 0.111. The molecule has 0 aliphatic rings. The Morgan fingerprint density at radius 3 is 2.15 bits per heavy atom. The molecule has 1 amide bonds. The van der Waals surface area contributed by atoms with Crippen molar-refractivity contribution >= 4 is 33.2 Å². The highest BCUT2D eigenvalue weighted by atomic mass is 35.5. The van der Waals surface area contributed by atoms with Crippen molar-refractivity contribution in [2.75, 3.05) is 10.8 Å². The van der Waals surface area contributed by atoms with Crippen molar-refractivity contribution in [2.45, 2.75) is 45.6 Å². The number of benzene rings is 3. The molecule has 0 aliphatic heterocycles. The molecule has 7 heteroatoms. The number of carbonyl (C=O) groups excluding carboxylic acids is 1. The average Bonchev–Trinajstić information content (AvgIpc) is 2.74. The van der Waals surface area contributed by atoms with Crippen LogP contribution in [0, 0.1) is 27.7 Å². The second-order valence-electron chi connectivity index (χ2n) is 8.41. The van der Waals surface area contributed by atoms with E-state index in [-0.39, 0.29) is 17.5 Å². The predicted molar refractivity (Wildman–Crippen MR) is 134 cm³/mol. The van der Waals surface area contributed by atoms with Crippen molar-refractivity contribution in [1.29, 1.82) is 0 Å². The summed E-state index contributed by atoms with van der Waals surface area (Å²) < 4.78 is 28.2. The summed E-state index contributed by atoms with van der Waals surface area (Å²) in [5.74, 6) is -0.408. The highest BCUT2D eigenvalue weighted by Gasteiger charge is 2.28. The SMILES string of the molecule is Cc1ccc(S(=O)(=O)N(CC(=O)N[C@H](C)c2ccc(C)cc2C)c2ccc(C)c(Cl)c2)cc1.